The smallest absolute Gasteiger partial charge is 0.454 e. The minimum Gasteiger partial charge on any atom is -0.454 e. The number of rotatable bonds is 2. The first kappa shape index (κ1) is 21.3. The van der Waals surface area contributed by atoms with Gasteiger partial charge in [0.25, 0.3) is 0 Å². The Labute approximate surface area is 183 Å². The Balaban J connectivity index is 1.79. The van der Waals surface area contributed by atoms with Gasteiger partial charge in [0.05, 0.1) is 17.6 Å². The van der Waals surface area contributed by atoms with Crippen LogP contribution in [0.25, 0.3) is 0 Å². The number of carbonyl (C=O) groups is 2. The minimum atomic E-state index is -1.39. The standard InChI is InChI=1S/C24H34O7/c1-7-13-9-23-10(2)8-14-16(22(14,5)6)15(18(23)27)17(26)11(3)19-24(23,31-21(28)30-19)20(13)29-12(4)25/h9-11,14-20,26-27H,7-8H2,1-6H3/t10-,11+,14-,15-,16-,17-,18?,19-,20+,23+,24+/m1/s1. The summed E-state index contributed by atoms with van der Waals surface area (Å²) in [5.41, 5.74) is -1.54. The highest BCUT2D eigenvalue weighted by Crippen LogP contribution is 2.75. The number of hydrogen-bond donors (Lipinski definition) is 2. The van der Waals surface area contributed by atoms with E-state index in [-0.39, 0.29) is 23.2 Å². The van der Waals surface area contributed by atoms with E-state index in [4.69, 9.17) is 14.2 Å². The van der Waals surface area contributed by atoms with Gasteiger partial charge in [0.15, 0.2) is 12.2 Å². The van der Waals surface area contributed by atoms with E-state index in [1.807, 2.05) is 19.9 Å². The van der Waals surface area contributed by atoms with Crippen molar-refractivity contribution in [3.8, 4) is 0 Å². The van der Waals surface area contributed by atoms with Gasteiger partial charge in [-0.05, 0) is 41.6 Å². The van der Waals surface area contributed by atoms with Crippen LogP contribution in [0.2, 0.25) is 0 Å². The largest absolute Gasteiger partial charge is 0.509 e. The van der Waals surface area contributed by atoms with Crippen LogP contribution in [0.4, 0.5) is 4.79 Å². The first-order chi connectivity index (χ1) is 14.4. The van der Waals surface area contributed by atoms with Crippen LogP contribution in [0.5, 0.6) is 0 Å². The average molecular weight is 435 g/mol. The number of ether oxygens (including phenoxy) is 3. The molecule has 0 radical (unpaired) electrons. The van der Waals surface area contributed by atoms with Crippen LogP contribution in [-0.2, 0) is 19.0 Å². The fourth-order valence-electron chi connectivity index (χ4n) is 8.22. The second-order valence-corrected chi connectivity index (χ2v) is 11.1. The van der Waals surface area contributed by atoms with Gasteiger partial charge in [-0.15, -0.1) is 0 Å². The van der Waals surface area contributed by atoms with Crippen molar-refractivity contribution in [1.29, 1.82) is 0 Å². The van der Waals surface area contributed by atoms with E-state index < -0.39 is 53.5 Å². The highest BCUT2D eigenvalue weighted by molar-refractivity contribution is 5.69. The van der Waals surface area contributed by atoms with E-state index in [1.54, 1.807) is 0 Å². The number of fused-ring (bicyclic) bond motifs is 3. The van der Waals surface area contributed by atoms with Crippen molar-refractivity contribution in [2.24, 2.45) is 40.4 Å². The molecule has 5 rings (SSSR count). The van der Waals surface area contributed by atoms with Gasteiger partial charge in [-0.1, -0.05) is 40.7 Å². The van der Waals surface area contributed by atoms with Crippen LogP contribution in [0.1, 0.15) is 54.4 Å². The van der Waals surface area contributed by atoms with E-state index in [1.165, 1.54) is 6.92 Å². The third kappa shape index (κ3) is 2.27. The molecule has 1 heterocycles. The lowest BCUT2D eigenvalue weighted by Crippen LogP contribution is -2.66. The molecule has 4 fully saturated rings. The number of aliphatic hydroxyl groups is 2. The highest BCUT2D eigenvalue weighted by atomic mass is 16.8. The summed E-state index contributed by atoms with van der Waals surface area (Å²) < 4.78 is 17.6. The van der Waals surface area contributed by atoms with Crippen molar-refractivity contribution in [3.05, 3.63) is 11.6 Å². The molecule has 1 saturated heterocycles. The van der Waals surface area contributed by atoms with Crippen LogP contribution in [-0.4, -0.2) is 52.4 Å². The minimum absolute atomic E-state index is 0.0254. The number of hydrogen-bond acceptors (Lipinski definition) is 7. The zero-order valence-electron chi connectivity index (χ0n) is 19.1. The van der Waals surface area contributed by atoms with Gasteiger partial charge in [0.1, 0.15) is 0 Å². The summed E-state index contributed by atoms with van der Waals surface area (Å²) in [6, 6.07) is 0. The zero-order valence-corrected chi connectivity index (χ0v) is 19.1. The zero-order chi connectivity index (χ0) is 22.7. The van der Waals surface area contributed by atoms with Gasteiger partial charge in [-0.2, -0.15) is 0 Å². The summed E-state index contributed by atoms with van der Waals surface area (Å²) in [7, 11) is 0. The van der Waals surface area contributed by atoms with E-state index >= 15 is 0 Å². The van der Waals surface area contributed by atoms with E-state index in [9.17, 15) is 19.8 Å². The van der Waals surface area contributed by atoms with Crippen LogP contribution >= 0.6 is 0 Å². The summed E-state index contributed by atoms with van der Waals surface area (Å²) in [6.07, 6.45) is -0.911. The molecule has 0 aromatic carbocycles. The Bertz CT molecular complexity index is 864. The van der Waals surface area contributed by atoms with Crippen molar-refractivity contribution in [2.45, 2.75) is 84.4 Å². The van der Waals surface area contributed by atoms with E-state index in [0.29, 0.717) is 12.3 Å². The molecule has 11 atom stereocenters. The molecule has 3 saturated carbocycles. The van der Waals surface area contributed by atoms with Crippen molar-refractivity contribution < 1.29 is 34.0 Å². The van der Waals surface area contributed by atoms with Crippen molar-refractivity contribution in [2.75, 3.05) is 0 Å². The first-order valence-corrected chi connectivity index (χ1v) is 11.6. The number of carbonyl (C=O) groups excluding carboxylic acids is 2. The Kier molecular flexibility index (Phi) is 4.29. The monoisotopic (exact) mass is 434 g/mol. The maximum absolute atomic E-state index is 12.6. The Morgan fingerprint density at radius 1 is 1.29 bits per heavy atom. The number of aliphatic hydroxyl groups excluding tert-OH is 2. The van der Waals surface area contributed by atoms with Crippen LogP contribution in [0, 0.1) is 40.4 Å². The maximum atomic E-state index is 12.6. The lowest BCUT2D eigenvalue weighted by Gasteiger charge is -2.50. The predicted molar refractivity (Wildman–Crippen MR) is 110 cm³/mol. The third-order valence-electron chi connectivity index (χ3n) is 9.66. The molecule has 172 valence electrons. The molecule has 1 aliphatic heterocycles. The van der Waals surface area contributed by atoms with Gasteiger partial charge in [-0.25, -0.2) is 4.79 Å². The van der Waals surface area contributed by atoms with Crippen molar-refractivity contribution in [1.82, 2.24) is 0 Å². The Morgan fingerprint density at radius 2 is 1.97 bits per heavy atom. The first-order valence-electron chi connectivity index (χ1n) is 11.6. The van der Waals surface area contributed by atoms with Crippen LogP contribution in [0.3, 0.4) is 0 Å². The van der Waals surface area contributed by atoms with Gasteiger partial charge in [-0.3, -0.25) is 4.79 Å². The summed E-state index contributed by atoms with van der Waals surface area (Å²) in [6.45, 7) is 11.7. The summed E-state index contributed by atoms with van der Waals surface area (Å²) >= 11 is 0. The van der Waals surface area contributed by atoms with Gasteiger partial charge in [0.2, 0.25) is 5.60 Å². The summed E-state index contributed by atoms with van der Waals surface area (Å²) in [4.78, 5) is 24.7. The van der Waals surface area contributed by atoms with Gasteiger partial charge in [0, 0.05) is 18.8 Å². The third-order valence-corrected chi connectivity index (χ3v) is 9.66. The SMILES string of the molecule is CCC1=C[C@]23C(O)[C@@H]([C@H](O)[C@H](C)[C@H]4OC(=O)O[C@]42[C@H]1OC(C)=O)[C@H]1[C@@H](C[C@H]3C)C1(C)C. The molecule has 7 nitrogen and oxygen atoms in total. The molecule has 7 heteroatoms. The second kappa shape index (κ2) is 6.25. The predicted octanol–water partition coefficient (Wildman–Crippen LogP) is 2.83. The molecule has 5 aliphatic rings. The molecule has 0 aromatic rings. The molecular weight excluding hydrogens is 400 g/mol. The van der Waals surface area contributed by atoms with Crippen molar-refractivity contribution >= 4 is 12.1 Å². The Hall–Kier alpha value is -1.60. The quantitative estimate of drug-likeness (QED) is 0.509. The second-order valence-electron chi connectivity index (χ2n) is 11.1. The molecular formula is C24H34O7. The highest BCUT2D eigenvalue weighted by Gasteiger charge is 2.82. The normalized spacial score (nSPS) is 53.6. The molecule has 2 bridgehead atoms. The molecule has 2 N–H and O–H groups in total. The maximum Gasteiger partial charge on any atom is 0.509 e. The molecule has 0 amide bonds. The summed E-state index contributed by atoms with van der Waals surface area (Å²) in [5, 5.41) is 23.6. The van der Waals surface area contributed by atoms with E-state index in [2.05, 4.69) is 20.8 Å². The fraction of sp³-hybridized carbons (Fsp3) is 0.833. The molecule has 2 spiro atoms. The Morgan fingerprint density at radius 3 is 2.58 bits per heavy atom. The van der Waals surface area contributed by atoms with Crippen LogP contribution in [0.15, 0.2) is 11.6 Å². The molecule has 31 heavy (non-hydrogen) atoms. The molecule has 0 aromatic heterocycles. The van der Waals surface area contributed by atoms with Crippen LogP contribution < -0.4 is 0 Å². The van der Waals surface area contributed by atoms with E-state index in [0.717, 1.165) is 12.0 Å². The lowest BCUT2D eigenvalue weighted by molar-refractivity contribution is -0.195. The lowest BCUT2D eigenvalue weighted by atomic mass is 9.58. The summed E-state index contributed by atoms with van der Waals surface area (Å²) in [5.74, 6) is -0.890. The average Bonchev–Trinajstić information content (AvgIpc) is 2.98. The topological polar surface area (TPSA) is 102 Å². The van der Waals surface area contributed by atoms with Crippen molar-refractivity contribution in [3.63, 3.8) is 0 Å². The molecule has 1 unspecified atom stereocenters. The molecule has 4 aliphatic carbocycles. The van der Waals surface area contributed by atoms with Gasteiger partial charge >= 0.3 is 12.1 Å². The number of esters is 1. The fourth-order valence-corrected chi connectivity index (χ4v) is 8.22. The van der Waals surface area contributed by atoms with Gasteiger partial charge < -0.3 is 24.4 Å².